The number of hydrogen-bond acceptors (Lipinski definition) is 7. The van der Waals surface area contributed by atoms with E-state index in [1.54, 1.807) is 53.7 Å². The van der Waals surface area contributed by atoms with E-state index in [-0.39, 0.29) is 12.2 Å². The number of aromatic nitrogens is 1. The number of alkyl halides is 3. The molecule has 3 aromatic rings. The van der Waals surface area contributed by atoms with Gasteiger partial charge < -0.3 is 14.2 Å². The minimum absolute atomic E-state index is 0.0348. The second-order valence-corrected chi connectivity index (χ2v) is 10.9. The van der Waals surface area contributed by atoms with Crippen LogP contribution in [0.1, 0.15) is 61.1 Å². The van der Waals surface area contributed by atoms with Gasteiger partial charge in [0, 0.05) is 5.56 Å². The Balaban J connectivity index is 1.61. The Bertz CT molecular complexity index is 1260. The lowest BCUT2D eigenvalue weighted by Gasteiger charge is -2.29. The van der Waals surface area contributed by atoms with Crippen LogP contribution in [0.25, 0.3) is 10.6 Å². The van der Waals surface area contributed by atoms with Crippen LogP contribution in [0.4, 0.5) is 13.2 Å². The number of hydrogen-bond donors (Lipinski definition) is 0. The Morgan fingerprint density at radius 3 is 2.05 bits per heavy atom. The first-order valence-electron chi connectivity index (χ1n) is 11.4. The van der Waals surface area contributed by atoms with E-state index in [1.807, 2.05) is 0 Å². The molecule has 0 unspecified atom stereocenters. The first-order chi connectivity index (χ1) is 17.0. The van der Waals surface area contributed by atoms with Gasteiger partial charge in [0.25, 0.3) is 0 Å². The summed E-state index contributed by atoms with van der Waals surface area (Å²) in [6.45, 7) is 10.2. The maximum Gasteiger partial charge on any atom is 0.416 e. The molecule has 2 aromatic carbocycles. The molecule has 0 aliphatic heterocycles. The molecular weight excluding hydrogens is 507 g/mol. The van der Waals surface area contributed by atoms with Crippen LogP contribution in [0.2, 0.25) is 0 Å². The summed E-state index contributed by atoms with van der Waals surface area (Å²) in [5.74, 6) is -0.701. The van der Waals surface area contributed by atoms with Crippen molar-refractivity contribution in [1.82, 2.24) is 4.98 Å². The summed E-state index contributed by atoms with van der Waals surface area (Å²) in [7, 11) is 0. The van der Waals surface area contributed by atoms with Gasteiger partial charge in [0.1, 0.15) is 23.0 Å². The normalized spacial score (nSPS) is 12.2. The van der Waals surface area contributed by atoms with Gasteiger partial charge >= 0.3 is 18.1 Å². The first kappa shape index (κ1) is 28.2. The van der Waals surface area contributed by atoms with Crippen molar-refractivity contribution in [3.05, 3.63) is 70.2 Å². The SMILES string of the molecule is Cc1nc(-c2ccc(C(F)(F)F)cc2)sc1COC(=O)c1ccc(OC(C)(C)C(=O)OC(C)(C)C)cc1. The third kappa shape index (κ3) is 7.55. The van der Waals surface area contributed by atoms with Crippen LogP contribution < -0.4 is 4.74 Å². The van der Waals surface area contributed by atoms with Crippen molar-refractivity contribution in [2.75, 3.05) is 0 Å². The lowest BCUT2D eigenvalue weighted by atomic mass is 10.1. The predicted molar refractivity (Wildman–Crippen MR) is 133 cm³/mol. The number of esters is 2. The van der Waals surface area contributed by atoms with Crippen LogP contribution in [-0.4, -0.2) is 28.1 Å². The van der Waals surface area contributed by atoms with Gasteiger partial charge in [-0.05, 0) is 77.9 Å². The summed E-state index contributed by atoms with van der Waals surface area (Å²) in [6.07, 6.45) is -4.41. The Morgan fingerprint density at radius 1 is 0.919 bits per heavy atom. The fourth-order valence-electron chi connectivity index (χ4n) is 3.10. The molecule has 37 heavy (non-hydrogen) atoms. The average Bonchev–Trinajstić information content (AvgIpc) is 3.16. The summed E-state index contributed by atoms with van der Waals surface area (Å²) >= 11 is 1.24. The molecule has 0 aliphatic rings. The molecule has 0 aliphatic carbocycles. The number of carbonyl (C=O) groups is 2. The summed E-state index contributed by atoms with van der Waals surface area (Å²) in [6, 6.07) is 10.9. The number of ether oxygens (including phenoxy) is 3. The standard InChI is InChI=1S/C27H28F3NO5S/c1-16-21(37-22(31-16)17-7-11-19(12-8-17)27(28,29)30)15-34-23(32)18-9-13-20(14-10-18)35-26(5,6)24(33)36-25(2,3)4/h7-14H,15H2,1-6H3. The van der Waals surface area contributed by atoms with Gasteiger partial charge in [0.2, 0.25) is 0 Å². The topological polar surface area (TPSA) is 74.7 Å². The van der Waals surface area contributed by atoms with E-state index in [9.17, 15) is 22.8 Å². The second kappa shape index (κ2) is 10.5. The maximum atomic E-state index is 12.8. The van der Waals surface area contributed by atoms with E-state index in [2.05, 4.69) is 4.98 Å². The monoisotopic (exact) mass is 535 g/mol. The lowest BCUT2D eigenvalue weighted by molar-refractivity contribution is -0.170. The average molecular weight is 536 g/mol. The van der Waals surface area contributed by atoms with Crippen LogP contribution in [0.5, 0.6) is 5.75 Å². The third-order valence-corrected chi connectivity index (χ3v) is 6.22. The molecule has 0 fully saturated rings. The largest absolute Gasteiger partial charge is 0.476 e. The number of benzene rings is 2. The molecule has 10 heteroatoms. The number of rotatable bonds is 7. The van der Waals surface area contributed by atoms with E-state index in [4.69, 9.17) is 14.2 Å². The number of aryl methyl sites for hydroxylation is 1. The molecule has 0 N–H and O–H groups in total. The van der Waals surface area contributed by atoms with E-state index in [0.29, 0.717) is 26.9 Å². The van der Waals surface area contributed by atoms with E-state index >= 15 is 0 Å². The van der Waals surface area contributed by atoms with Crippen LogP contribution >= 0.6 is 11.3 Å². The van der Waals surface area contributed by atoms with Crippen molar-refractivity contribution in [3.8, 4) is 16.3 Å². The summed E-state index contributed by atoms with van der Waals surface area (Å²) < 4.78 is 55.0. The van der Waals surface area contributed by atoms with Gasteiger partial charge in [-0.1, -0.05) is 12.1 Å². The van der Waals surface area contributed by atoms with Crippen molar-refractivity contribution in [1.29, 1.82) is 0 Å². The van der Waals surface area contributed by atoms with E-state index in [0.717, 1.165) is 12.1 Å². The Hall–Kier alpha value is -3.40. The third-order valence-electron chi connectivity index (χ3n) is 5.04. The minimum Gasteiger partial charge on any atom is -0.476 e. The van der Waals surface area contributed by atoms with Gasteiger partial charge in [-0.2, -0.15) is 13.2 Å². The molecule has 1 aromatic heterocycles. The van der Waals surface area contributed by atoms with Gasteiger partial charge in [0.15, 0.2) is 5.60 Å². The van der Waals surface area contributed by atoms with E-state index in [1.165, 1.54) is 35.6 Å². The van der Waals surface area contributed by atoms with Crippen LogP contribution in [0.3, 0.4) is 0 Å². The van der Waals surface area contributed by atoms with Crippen molar-refractivity contribution < 1.29 is 37.0 Å². The number of halogens is 3. The molecule has 0 atom stereocenters. The van der Waals surface area contributed by atoms with Crippen molar-refractivity contribution in [2.45, 2.75) is 65.5 Å². The molecule has 6 nitrogen and oxygen atoms in total. The Kier molecular flexibility index (Phi) is 8.02. The fraction of sp³-hybridized carbons (Fsp3) is 0.370. The molecule has 0 spiro atoms. The summed E-state index contributed by atoms with van der Waals surface area (Å²) in [5, 5.41) is 0.534. The van der Waals surface area contributed by atoms with Gasteiger partial charge in [-0.3, -0.25) is 0 Å². The molecule has 3 rings (SSSR count). The molecule has 0 amide bonds. The molecule has 1 heterocycles. The molecular formula is C27H28F3NO5S. The highest BCUT2D eigenvalue weighted by Crippen LogP contribution is 2.33. The Morgan fingerprint density at radius 2 is 1.51 bits per heavy atom. The molecule has 0 bridgehead atoms. The van der Waals surface area contributed by atoms with Crippen molar-refractivity contribution in [3.63, 3.8) is 0 Å². The number of thiazole rings is 1. The molecule has 198 valence electrons. The highest BCUT2D eigenvalue weighted by atomic mass is 32.1. The molecule has 0 saturated heterocycles. The van der Waals surface area contributed by atoms with Crippen LogP contribution in [0.15, 0.2) is 48.5 Å². The zero-order chi connectivity index (χ0) is 27.6. The highest BCUT2D eigenvalue weighted by Gasteiger charge is 2.35. The number of carbonyl (C=O) groups excluding carboxylic acids is 2. The number of nitrogens with zero attached hydrogens (tertiary/aromatic N) is 1. The van der Waals surface area contributed by atoms with Gasteiger partial charge in [0.05, 0.1) is 21.7 Å². The first-order valence-corrected chi connectivity index (χ1v) is 12.2. The fourth-order valence-corrected chi connectivity index (χ4v) is 4.08. The molecule has 0 saturated carbocycles. The maximum absolute atomic E-state index is 12.8. The van der Waals surface area contributed by atoms with Gasteiger partial charge in [-0.25, -0.2) is 14.6 Å². The predicted octanol–water partition coefficient (Wildman–Crippen LogP) is 6.99. The summed E-state index contributed by atoms with van der Waals surface area (Å²) in [5.41, 5.74) is -1.16. The van der Waals surface area contributed by atoms with Crippen LogP contribution in [-0.2, 0) is 27.1 Å². The molecule has 0 radical (unpaired) electrons. The quantitative estimate of drug-likeness (QED) is 0.304. The van der Waals surface area contributed by atoms with Crippen LogP contribution in [0, 0.1) is 6.92 Å². The van der Waals surface area contributed by atoms with E-state index < -0.39 is 34.9 Å². The second-order valence-electron chi connectivity index (χ2n) is 9.82. The lowest BCUT2D eigenvalue weighted by Crippen LogP contribution is -2.43. The Labute approximate surface area is 217 Å². The van der Waals surface area contributed by atoms with Crippen molar-refractivity contribution in [2.24, 2.45) is 0 Å². The van der Waals surface area contributed by atoms with Crippen molar-refractivity contribution >= 4 is 23.3 Å². The minimum atomic E-state index is -4.41. The smallest absolute Gasteiger partial charge is 0.416 e. The zero-order valence-corrected chi connectivity index (χ0v) is 22.2. The zero-order valence-electron chi connectivity index (χ0n) is 21.4. The highest BCUT2D eigenvalue weighted by molar-refractivity contribution is 7.15. The summed E-state index contributed by atoms with van der Waals surface area (Å²) in [4.78, 5) is 30.0. The van der Waals surface area contributed by atoms with Gasteiger partial charge in [-0.15, -0.1) is 11.3 Å².